The molecule has 3 rings (SSSR count). The van der Waals surface area contributed by atoms with Gasteiger partial charge in [-0.2, -0.15) is 0 Å². The second-order valence-corrected chi connectivity index (χ2v) is 5.59. The number of hydrogen-bond donors (Lipinski definition) is 2. The van der Waals surface area contributed by atoms with E-state index < -0.39 is 0 Å². The van der Waals surface area contributed by atoms with Gasteiger partial charge in [-0.15, -0.1) is 0 Å². The summed E-state index contributed by atoms with van der Waals surface area (Å²) in [5.74, 6) is 0.101. The molecule has 0 saturated heterocycles. The summed E-state index contributed by atoms with van der Waals surface area (Å²) in [5.41, 5.74) is 2.24. The number of aromatic nitrogens is 4. The molecule has 2 N–H and O–H groups in total. The summed E-state index contributed by atoms with van der Waals surface area (Å²) in [6.07, 6.45) is 1.64. The molecule has 0 aliphatic carbocycles. The lowest BCUT2D eigenvalue weighted by Gasteiger charge is -2.19. The number of aliphatic hydroxyl groups is 1. The third-order valence-electron chi connectivity index (χ3n) is 3.78. The fraction of sp³-hybridized carbons (Fsp3) is 0.312. The van der Waals surface area contributed by atoms with Gasteiger partial charge in [-0.05, 0) is 5.92 Å². The van der Waals surface area contributed by atoms with Crippen LogP contribution in [0.25, 0.3) is 22.6 Å². The normalized spacial score (nSPS) is 12.9. The number of imidazole rings is 1. The Bertz CT molecular complexity index is 836. The molecular formula is C16H18N4O2. The first-order valence-electron chi connectivity index (χ1n) is 7.25. The van der Waals surface area contributed by atoms with Gasteiger partial charge in [0.1, 0.15) is 0 Å². The molecule has 6 nitrogen and oxygen atoms in total. The summed E-state index contributed by atoms with van der Waals surface area (Å²) in [5, 5.41) is 9.62. The number of aromatic amines is 1. The number of nitrogens with zero attached hydrogens (tertiary/aromatic N) is 3. The van der Waals surface area contributed by atoms with Crippen LogP contribution in [0.1, 0.15) is 19.9 Å². The fourth-order valence-electron chi connectivity index (χ4n) is 2.54. The summed E-state index contributed by atoms with van der Waals surface area (Å²) < 4.78 is 1.50. The van der Waals surface area contributed by atoms with E-state index >= 15 is 0 Å². The average molecular weight is 298 g/mol. The Morgan fingerprint density at radius 2 is 2.00 bits per heavy atom. The minimum atomic E-state index is -0.332. The van der Waals surface area contributed by atoms with Crippen LogP contribution in [-0.2, 0) is 0 Å². The second-order valence-electron chi connectivity index (χ2n) is 5.59. The van der Waals surface area contributed by atoms with E-state index in [4.69, 9.17) is 0 Å². The maximum atomic E-state index is 12.2. The van der Waals surface area contributed by atoms with Crippen molar-refractivity contribution in [2.24, 2.45) is 5.92 Å². The van der Waals surface area contributed by atoms with Crippen molar-refractivity contribution in [2.45, 2.75) is 19.9 Å². The number of nitrogens with one attached hydrogen (secondary N) is 1. The molecule has 0 saturated carbocycles. The van der Waals surface area contributed by atoms with E-state index in [1.165, 1.54) is 4.57 Å². The van der Waals surface area contributed by atoms with E-state index in [2.05, 4.69) is 15.0 Å². The number of fused-ring (bicyclic) bond motifs is 1. The van der Waals surface area contributed by atoms with Crippen molar-refractivity contribution in [3.63, 3.8) is 0 Å². The zero-order valence-corrected chi connectivity index (χ0v) is 12.5. The Morgan fingerprint density at radius 3 is 2.64 bits per heavy atom. The van der Waals surface area contributed by atoms with Crippen LogP contribution in [0, 0.1) is 5.92 Å². The van der Waals surface area contributed by atoms with Gasteiger partial charge in [0.25, 0.3) is 0 Å². The average Bonchev–Trinajstić information content (AvgIpc) is 2.84. The van der Waals surface area contributed by atoms with E-state index in [1.807, 2.05) is 44.2 Å². The topological polar surface area (TPSA) is 83.8 Å². The first-order chi connectivity index (χ1) is 10.6. The predicted molar refractivity (Wildman–Crippen MR) is 84.5 cm³/mol. The van der Waals surface area contributed by atoms with Gasteiger partial charge in [0.05, 0.1) is 24.5 Å². The summed E-state index contributed by atoms with van der Waals surface area (Å²) in [6, 6.07) is 9.34. The highest BCUT2D eigenvalue weighted by Gasteiger charge is 2.21. The molecule has 2 aromatic heterocycles. The second kappa shape index (κ2) is 5.73. The van der Waals surface area contributed by atoms with Crippen molar-refractivity contribution in [3.05, 3.63) is 47.0 Å². The molecule has 6 heteroatoms. The van der Waals surface area contributed by atoms with Crippen LogP contribution in [0.3, 0.4) is 0 Å². The SMILES string of the molecule is CC(C)[C@@H](CO)n1c(=O)[nH]c2ncc(-c3ccccc3)nc21. The van der Waals surface area contributed by atoms with Crippen molar-refractivity contribution in [1.29, 1.82) is 0 Å². The molecule has 22 heavy (non-hydrogen) atoms. The highest BCUT2D eigenvalue weighted by atomic mass is 16.3. The molecule has 2 heterocycles. The van der Waals surface area contributed by atoms with Crippen molar-refractivity contribution in [3.8, 4) is 11.3 Å². The van der Waals surface area contributed by atoms with Gasteiger partial charge in [-0.1, -0.05) is 44.2 Å². The lowest BCUT2D eigenvalue weighted by molar-refractivity contribution is 0.193. The Balaban J connectivity index is 2.21. The molecule has 0 spiro atoms. The lowest BCUT2D eigenvalue weighted by atomic mass is 10.1. The maximum Gasteiger partial charge on any atom is 0.329 e. The van der Waals surface area contributed by atoms with E-state index in [9.17, 15) is 9.90 Å². The molecule has 0 amide bonds. The van der Waals surface area contributed by atoms with Gasteiger partial charge in [-0.3, -0.25) is 9.55 Å². The van der Waals surface area contributed by atoms with Gasteiger partial charge in [0, 0.05) is 5.56 Å². The molecule has 0 bridgehead atoms. The Hall–Kier alpha value is -2.47. The lowest BCUT2D eigenvalue weighted by Crippen LogP contribution is -2.28. The van der Waals surface area contributed by atoms with Crippen molar-refractivity contribution in [1.82, 2.24) is 19.5 Å². The van der Waals surface area contributed by atoms with Gasteiger partial charge in [-0.25, -0.2) is 14.8 Å². The van der Waals surface area contributed by atoms with Crippen LogP contribution in [0.5, 0.6) is 0 Å². The minimum Gasteiger partial charge on any atom is -0.394 e. The van der Waals surface area contributed by atoms with Crippen molar-refractivity contribution in [2.75, 3.05) is 6.61 Å². The highest BCUT2D eigenvalue weighted by Crippen LogP contribution is 2.22. The molecule has 1 aromatic carbocycles. The third kappa shape index (κ3) is 2.42. The quantitative estimate of drug-likeness (QED) is 0.771. The van der Waals surface area contributed by atoms with Crippen LogP contribution in [0.15, 0.2) is 41.3 Å². The molecule has 0 unspecified atom stereocenters. The van der Waals surface area contributed by atoms with E-state index in [0.29, 0.717) is 17.0 Å². The van der Waals surface area contributed by atoms with Crippen LogP contribution in [-0.4, -0.2) is 31.2 Å². The van der Waals surface area contributed by atoms with Gasteiger partial charge in [0.2, 0.25) is 0 Å². The van der Waals surface area contributed by atoms with Gasteiger partial charge < -0.3 is 5.11 Å². The zero-order valence-electron chi connectivity index (χ0n) is 12.5. The standard InChI is InChI=1S/C16H18N4O2/c1-10(2)13(9-21)20-15-14(19-16(20)22)17-8-12(18-15)11-6-4-3-5-7-11/h3-8,10,13,21H,9H2,1-2H3,(H,17,19,22)/t13-/m1/s1. The molecule has 0 fully saturated rings. The van der Waals surface area contributed by atoms with Crippen LogP contribution < -0.4 is 5.69 Å². The van der Waals surface area contributed by atoms with E-state index in [-0.39, 0.29) is 24.3 Å². The number of hydrogen-bond acceptors (Lipinski definition) is 4. The van der Waals surface area contributed by atoms with Crippen LogP contribution in [0.4, 0.5) is 0 Å². The summed E-state index contributed by atoms with van der Waals surface area (Å²) >= 11 is 0. The van der Waals surface area contributed by atoms with E-state index in [0.717, 1.165) is 5.56 Å². The van der Waals surface area contributed by atoms with Crippen LogP contribution >= 0.6 is 0 Å². The van der Waals surface area contributed by atoms with Gasteiger partial charge in [0.15, 0.2) is 11.3 Å². The van der Waals surface area contributed by atoms with E-state index in [1.54, 1.807) is 6.20 Å². The first-order valence-corrected chi connectivity index (χ1v) is 7.25. The summed E-state index contributed by atoms with van der Waals surface area (Å²) in [6.45, 7) is 3.79. The molecule has 0 aliphatic rings. The monoisotopic (exact) mass is 298 g/mol. The maximum absolute atomic E-state index is 12.2. The predicted octanol–water partition coefficient (Wildman–Crippen LogP) is 1.98. The highest BCUT2D eigenvalue weighted by molar-refractivity contribution is 5.70. The molecule has 114 valence electrons. The Kier molecular flexibility index (Phi) is 3.77. The Labute approximate surface area is 127 Å². The smallest absolute Gasteiger partial charge is 0.329 e. The van der Waals surface area contributed by atoms with Crippen molar-refractivity contribution < 1.29 is 5.11 Å². The Morgan fingerprint density at radius 1 is 1.27 bits per heavy atom. The molecule has 3 aromatic rings. The van der Waals surface area contributed by atoms with Crippen molar-refractivity contribution >= 4 is 11.3 Å². The first kappa shape index (κ1) is 14.5. The summed E-state index contributed by atoms with van der Waals surface area (Å²) in [4.78, 5) is 23.8. The number of rotatable bonds is 4. The number of benzene rings is 1. The van der Waals surface area contributed by atoms with Crippen LogP contribution in [0.2, 0.25) is 0 Å². The molecule has 1 atom stereocenters. The number of H-pyrrole nitrogens is 1. The molecule has 0 aliphatic heterocycles. The largest absolute Gasteiger partial charge is 0.394 e. The minimum absolute atomic E-state index is 0.101. The molecular weight excluding hydrogens is 280 g/mol. The fourth-order valence-corrected chi connectivity index (χ4v) is 2.54. The molecule has 0 radical (unpaired) electrons. The van der Waals surface area contributed by atoms with Gasteiger partial charge >= 0.3 is 5.69 Å². The third-order valence-corrected chi connectivity index (χ3v) is 3.78. The number of aliphatic hydroxyl groups excluding tert-OH is 1. The zero-order chi connectivity index (χ0) is 15.7. The summed E-state index contributed by atoms with van der Waals surface area (Å²) in [7, 11) is 0.